The van der Waals surface area contributed by atoms with Crippen molar-refractivity contribution in [1.29, 1.82) is 0 Å². The summed E-state index contributed by atoms with van der Waals surface area (Å²) in [5.41, 5.74) is 3.01. The van der Waals surface area contributed by atoms with Gasteiger partial charge in [-0.3, -0.25) is 0 Å². The van der Waals surface area contributed by atoms with Crippen LogP contribution in [0.3, 0.4) is 0 Å². The molecule has 0 aliphatic carbocycles. The number of hydrogen-bond donors (Lipinski definition) is 0. The minimum absolute atomic E-state index is 0.870. The van der Waals surface area contributed by atoms with Gasteiger partial charge in [-0.2, -0.15) is 11.8 Å². The van der Waals surface area contributed by atoms with Crippen LogP contribution in [0.2, 0.25) is 0 Å². The first kappa shape index (κ1) is 20.5. The second-order valence-corrected chi connectivity index (χ2v) is 13.0. The van der Waals surface area contributed by atoms with Crippen molar-refractivity contribution in [3.8, 4) is 0 Å². The quantitative estimate of drug-likeness (QED) is 0.296. The maximum Gasteiger partial charge on any atom is 0.0682 e. The Kier molecular flexibility index (Phi) is 9.66. The van der Waals surface area contributed by atoms with E-state index < -0.39 is 7.26 Å². The highest BCUT2D eigenvalue weighted by Crippen LogP contribution is 2.56. The summed E-state index contributed by atoms with van der Waals surface area (Å²) >= 11 is 2.18. The van der Waals surface area contributed by atoms with Crippen molar-refractivity contribution in [1.82, 2.24) is 0 Å². The van der Waals surface area contributed by atoms with Gasteiger partial charge in [-0.25, -0.2) is 0 Å². The lowest BCUT2D eigenvalue weighted by Crippen LogP contribution is -2.12. The fourth-order valence-electron chi connectivity index (χ4n) is 3.06. The molecule has 0 bridgehead atoms. The van der Waals surface area contributed by atoms with Crippen LogP contribution in [0.15, 0.2) is 60.7 Å². The Labute approximate surface area is 160 Å². The first-order valence-electron chi connectivity index (χ1n) is 9.71. The summed E-state index contributed by atoms with van der Waals surface area (Å²) < 4.78 is 0. The Morgan fingerprint density at radius 1 is 0.720 bits per heavy atom. The molecule has 136 valence electrons. The van der Waals surface area contributed by atoms with Crippen molar-refractivity contribution < 1.29 is 0 Å². The van der Waals surface area contributed by atoms with Gasteiger partial charge in [0.05, 0.1) is 18.5 Å². The number of benzene rings is 2. The second-order valence-electron chi connectivity index (χ2n) is 7.23. The Balaban J connectivity index is 1.89. The Morgan fingerprint density at radius 2 is 1.24 bits per heavy atom. The van der Waals surface area contributed by atoms with Crippen molar-refractivity contribution in [2.24, 2.45) is 0 Å². The molecule has 0 saturated heterocycles. The zero-order valence-electron chi connectivity index (χ0n) is 16.0. The number of thioether (sulfide) groups is 1. The van der Waals surface area contributed by atoms with Gasteiger partial charge in [0.2, 0.25) is 0 Å². The Hall–Kier alpha value is -0.780. The standard InChI is InChI=1S/C23H34PS/c1-3-4-20-25-21-19-24(2,17-15-22-11-7-5-8-12-22)18-16-23-13-9-6-10-14-23/h5-14H,3-4,15-21H2,1-2H3/q+1. The molecule has 25 heavy (non-hydrogen) atoms. The lowest BCUT2D eigenvalue weighted by Gasteiger charge is -2.23. The van der Waals surface area contributed by atoms with E-state index in [1.807, 2.05) is 0 Å². The van der Waals surface area contributed by atoms with Gasteiger partial charge in [-0.1, -0.05) is 74.0 Å². The summed E-state index contributed by atoms with van der Waals surface area (Å²) in [6, 6.07) is 22.1. The van der Waals surface area contributed by atoms with Gasteiger partial charge >= 0.3 is 0 Å². The molecule has 0 N–H and O–H groups in total. The van der Waals surface area contributed by atoms with Crippen LogP contribution >= 0.6 is 19.0 Å². The van der Waals surface area contributed by atoms with Crippen molar-refractivity contribution in [2.75, 3.05) is 36.7 Å². The summed E-state index contributed by atoms with van der Waals surface area (Å²) in [5.74, 6) is 2.70. The lowest BCUT2D eigenvalue weighted by molar-refractivity contribution is 0.896. The third-order valence-electron chi connectivity index (χ3n) is 4.98. The van der Waals surface area contributed by atoms with Gasteiger partial charge in [-0.05, 0) is 23.3 Å². The third-order valence-corrected chi connectivity index (χ3v) is 10.3. The molecule has 0 unspecified atom stereocenters. The maximum atomic E-state index is 2.62. The molecule has 2 aromatic rings. The van der Waals surface area contributed by atoms with Crippen molar-refractivity contribution >= 4 is 19.0 Å². The monoisotopic (exact) mass is 373 g/mol. The normalized spacial score (nSPS) is 11.6. The molecular formula is C23H34PS+. The zero-order valence-corrected chi connectivity index (χ0v) is 17.7. The molecule has 0 atom stereocenters. The smallest absolute Gasteiger partial charge is 0.0682 e. The van der Waals surface area contributed by atoms with Crippen molar-refractivity contribution in [3.63, 3.8) is 0 Å². The first-order valence-corrected chi connectivity index (χ1v) is 13.7. The number of rotatable bonds is 12. The van der Waals surface area contributed by atoms with Crippen LogP contribution in [0.1, 0.15) is 30.9 Å². The van der Waals surface area contributed by atoms with E-state index in [4.69, 9.17) is 0 Å². The van der Waals surface area contributed by atoms with E-state index in [0.29, 0.717) is 0 Å². The minimum atomic E-state index is -0.870. The highest BCUT2D eigenvalue weighted by molar-refractivity contribution is 7.99. The van der Waals surface area contributed by atoms with Crippen LogP contribution in [-0.2, 0) is 12.8 Å². The molecule has 0 amide bonds. The fourth-order valence-corrected chi connectivity index (χ4v) is 8.30. The molecule has 2 rings (SSSR count). The SMILES string of the molecule is CCCCSCC[P+](C)(CCc1ccccc1)CCc1ccccc1. The Morgan fingerprint density at radius 3 is 1.72 bits per heavy atom. The topological polar surface area (TPSA) is 0 Å². The summed E-state index contributed by atoms with van der Waals surface area (Å²) in [4.78, 5) is 0. The van der Waals surface area contributed by atoms with E-state index in [1.165, 1.54) is 66.8 Å². The summed E-state index contributed by atoms with van der Waals surface area (Å²) in [6.45, 7) is 4.91. The van der Waals surface area contributed by atoms with E-state index in [-0.39, 0.29) is 0 Å². The fraction of sp³-hybridized carbons (Fsp3) is 0.478. The molecule has 2 aromatic carbocycles. The molecule has 0 aromatic heterocycles. The molecule has 0 aliphatic rings. The predicted molar refractivity (Wildman–Crippen MR) is 120 cm³/mol. The molecule has 0 nitrogen and oxygen atoms in total. The van der Waals surface area contributed by atoms with E-state index in [2.05, 4.69) is 86.0 Å². The first-order chi connectivity index (χ1) is 12.2. The van der Waals surface area contributed by atoms with E-state index >= 15 is 0 Å². The van der Waals surface area contributed by atoms with Crippen molar-refractivity contribution in [2.45, 2.75) is 32.6 Å². The molecular weight excluding hydrogens is 339 g/mol. The number of unbranched alkanes of at least 4 members (excludes halogenated alkanes) is 1. The maximum absolute atomic E-state index is 2.62. The van der Waals surface area contributed by atoms with Crippen LogP contribution < -0.4 is 0 Å². The van der Waals surface area contributed by atoms with Gasteiger partial charge in [-0.15, -0.1) is 0 Å². The summed E-state index contributed by atoms with van der Waals surface area (Å²) in [5, 5.41) is 0. The summed E-state index contributed by atoms with van der Waals surface area (Å²) in [6.07, 6.45) is 9.44. The predicted octanol–water partition coefficient (Wildman–Crippen LogP) is 6.65. The third kappa shape index (κ3) is 8.43. The van der Waals surface area contributed by atoms with Crippen LogP contribution in [0.5, 0.6) is 0 Å². The molecule has 0 saturated carbocycles. The molecule has 0 heterocycles. The van der Waals surface area contributed by atoms with Crippen LogP contribution in [-0.4, -0.2) is 36.7 Å². The molecule has 0 aliphatic heterocycles. The van der Waals surface area contributed by atoms with E-state index in [0.717, 1.165) is 0 Å². The van der Waals surface area contributed by atoms with E-state index in [1.54, 1.807) is 0 Å². The van der Waals surface area contributed by atoms with Crippen LogP contribution in [0, 0.1) is 0 Å². The average Bonchev–Trinajstić information content (AvgIpc) is 2.67. The highest BCUT2D eigenvalue weighted by atomic mass is 32.2. The van der Waals surface area contributed by atoms with Gasteiger partial charge in [0.15, 0.2) is 0 Å². The molecule has 2 heteroatoms. The Bertz CT molecular complexity index is 524. The van der Waals surface area contributed by atoms with Crippen LogP contribution in [0.4, 0.5) is 0 Å². The van der Waals surface area contributed by atoms with Gasteiger partial charge in [0.1, 0.15) is 0 Å². The zero-order chi connectivity index (χ0) is 17.8. The number of aryl methyl sites for hydroxylation is 2. The average molecular weight is 374 g/mol. The van der Waals surface area contributed by atoms with Gasteiger partial charge in [0.25, 0.3) is 0 Å². The van der Waals surface area contributed by atoms with E-state index in [9.17, 15) is 0 Å². The molecule has 0 spiro atoms. The van der Waals surface area contributed by atoms with Gasteiger partial charge < -0.3 is 0 Å². The van der Waals surface area contributed by atoms with Gasteiger partial charge in [0, 0.05) is 32.5 Å². The lowest BCUT2D eigenvalue weighted by atomic mass is 10.2. The second kappa shape index (κ2) is 11.8. The van der Waals surface area contributed by atoms with Crippen molar-refractivity contribution in [3.05, 3.63) is 71.8 Å². The molecule has 0 fully saturated rings. The molecule has 0 radical (unpaired) electrons. The summed E-state index contributed by atoms with van der Waals surface area (Å²) in [7, 11) is -0.870. The highest BCUT2D eigenvalue weighted by Gasteiger charge is 2.30. The minimum Gasteiger partial charge on any atom is -0.158 e. The number of hydrogen-bond acceptors (Lipinski definition) is 1. The largest absolute Gasteiger partial charge is 0.158 e. The van der Waals surface area contributed by atoms with Crippen LogP contribution in [0.25, 0.3) is 0 Å².